The average Bonchev–Trinajstić information content (AvgIpc) is 3.60. The first kappa shape index (κ1) is 31.7. The predicted molar refractivity (Wildman–Crippen MR) is 194 cm³/mol. The van der Waals surface area contributed by atoms with Gasteiger partial charge in [-0.15, -0.1) is 0 Å². The van der Waals surface area contributed by atoms with Crippen LogP contribution in [0.2, 0.25) is 0 Å². The van der Waals surface area contributed by atoms with Gasteiger partial charge in [-0.05, 0) is 67.4 Å². The first-order valence-corrected chi connectivity index (χ1v) is 19.3. The van der Waals surface area contributed by atoms with Gasteiger partial charge in [0, 0.05) is 41.8 Å². The fraction of sp³-hybridized carbons (Fsp3) is 0.200. The minimum atomic E-state index is -4.10. The highest BCUT2D eigenvalue weighted by Crippen LogP contribution is 2.51. The van der Waals surface area contributed by atoms with Crippen molar-refractivity contribution in [3.63, 3.8) is 0 Å². The Morgan fingerprint density at radius 2 is 1.27 bits per heavy atom. The lowest BCUT2D eigenvalue weighted by molar-refractivity contribution is 0.198. The number of aromatic nitrogens is 1. The first-order chi connectivity index (χ1) is 23.5. The first-order valence-electron chi connectivity index (χ1n) is 16.4. The molecule has 0 saturated heterocycles. The molecule has 7 nitrogen and oxygen atoms in total. The molecule has 1 spiro atoms. The van der Waals surface area contributed by atoms with E-state index < -0.39 is 25.6 Å². The van der Waals surface area contributed by atoms with Gasteiger partial charge in [-0.2, -0.15) is 8.61 Å². The van der Waals surface area contributed by atoms with Gasteiger partial charge in [0.15, 0.2) is 0 Å². The Morgan fingerprint density at radius 1 is 0.653 bits per heavy atom. The summed E-state index contributed by atoms with van der Waals surface area (Å²) < 4.78 is 64.2. The Balaban J connectivity index is 1.46. The Hall–Kier alpha value is -4.54. The highest BCUT2D eigenvalue weighted by atomic mass is 32.2. The van der Waals surface area contributed by atoms with Crippen molar-refractivity contribution in [1.82, 2.24) is 13.2 Å². The molecule has 6 aromatic rings. The van der Waals surface area contributed by atoms with E-state index >= 15 is 0 Å². The van der Waals surface area contributed by atoms with Gasteiger partial charge in [-0.25, -0.2) is 16.8 Å². The van der Waals surface area contributed by atoms with Gasteiger partial charge in [0.1, 0.15) is 0 Å². The van der Waals surface area contributed by atoms with Crippen molar-refractivity contribution < 1.29 is 16.8 Å². The van der Waals surface area contributed by atoms with Gasteiger partial charge in [0.25, 0.3) is 0 Å². The number of benzene rings is 5. The summed E-state index contributed by atoms with van der Waals surface area (Å²) in [6.45, 7) is 6.44. The van der Waals surface area contributed by atoms with Crippen molar-refractivity contribution in [2.24, 2.45) is 0 Å². The van der Waals surface area contributed by atoms with Crippen LogP contribution in [0.1, 0.15) is 34.9 Å². The van der Waals surface area contributed by atoms with E-state index in [0.29, 0.717) is 6.54 Å². The molecule has 3 heterocycles. The van der Waals surface area contributed by atoms with Crippen molar-refractivity contribution >= 4 is 41.7 Å². The van der Waals surface area contributed by atoms with Gasteiger partial charge in [-0.3, -0.25) is 0 Å². The molecule has 0 N–H and O–H groups in total. The van der Waals surface area contributed by atoms with Crippen LogP contribution >= 0.6 is 0 Å². The highest BCUT2D eigenvalue weighted by molar-refractivity contribution is 7.89. The standard InChI is InChI=1S/C40H37N3O4S2/c1-28-13-18-33(19-14-28)48(44,45)41-26-37-39(40(27-41)23-30(3)24-43(40)49(46,47)34-20-15-29(2)16-21-34)38-35-12-8-7-11-32(35)17-22-36(38)42(37)25-31-9-5-4-6-10-31/h4-23H,24-27H2,1-3H3. The lowest BCUT2D eigenvalue weighted by Gasteiger charge is -2.44. The molecule has 1 aromatic heterocycles. The molecule has 0 aliphatic carbocycles. The van der Waals surface area contributed by atoms with Gasteiger partial charge in [0.2, 0.25) is 20.0 Å². The summed E-state index contributed by atoms with van der Waals surface area (Å²) in [5.41, 5.74) is 5.08. The van der Waals surface area contributed by atoms with E-state index in [1.54, 1.807) is 52.8 Å². The monoisotopic (exact) mass is 687 g/mol. The van der Waals surface area contributed by atoms with Crippen LogP contribution < -0.4 is 0 Å². The molecule has 9 heteroatoms. The van der Waals surface area contributed by atoms with Crippen molar-refractivity contribution in [2.45, 2.75) is 49.2 Å². The summed E-state index contributed by atoms with van der Waals surface area (Å²) >= 11 is 0. The quantitative estimate of drug-likeness (QED) is 0.170. The maximum absolute atomic E-state index is 14.9. The SMILES string of the molecule is CC1=CC2(CN(S(=O)(=O)c3ccc(C)cc3)Cc3c2c2c4ccccc4ccc2n3Cc2ccccc2)N(S(=O)(=O)c2ccc(C)cc2)C1. The van der Waals surface area contributed by atoms with Gasteiger partial charge in [0.05, 0.1) is 21.9 Å². The molecule has 0 radical (unpaired) electrons. The van der Waals surface area contributed by atoms with E-state index in [1.807, 2.05) is 57.2 Å². The third kappa shape index (κ3) is 5.06. The second kappa shape index (κ2) is 11.5. The van der Waals surface area contributed by atoms with Crippen molar-refractivity contribution in [3.05, 3.63) is 155 Å². The minimum Gasteiger partial charge on any atom is -0.338 e. The number of hydrogen-bond acceptors (Lipinski definition) is 4. The molecule has 8 rings (SSSR count). The van der Waals surface area contributed by atoms with Crippen molar-refractivity contribution in [3.8, 4) is 0 Å². The molecule has 49 heavy (non-hydrogen) atoms. The molecule has 0 saturated carbocycles. The van der Waals surface area contributed by atoms with E-state index in [2.05, 4.69) is 41.0 Å². The lowest BCUT2D eigenvalue weighted by Crippen LogP contribution is -2.56. The maximum Gasteiger partial charge on any atom is 0.244 e. The third-order valence-electron chi connectivity index (χ3n) is 10.0. The van der Waals surface area contributed by atoms with Crippen LogP contribution in [-0.2, 0) is 38.7 Å². The minimum absolute atomic E-state index is 0.0632. The van der Waals surface area contributed by atoms with Gasteiger partial charge < -0.3 is 4.57 Å². The van der Waals surface area contributed by atoms with E-state index in [9.17, 15) is 16.8 Å². The third-order valence-corrected chi connectivity index (χ3v) is 13.7. The second-order valence-electron chi connectivity index (χ2n) is 13.4. The lowest BCUT2D eigenvalue weighted by atomic mass is 9.84. The normalized spacial score (nSPS) is 18.7. The van der Waals surface area contributed by atoms with E-state index in [0.717, 1.165) is 55.2 Å². The largest absolute Gasteiger partial charge is 0.338 e. The molecule has 248 valence electrons. The Kier molecular flexibility index (Phi) is 7.46. The molecule has 2 aliphatic rings. The molecular formula is C40H37N3O4S2. The number of rotatable bonds is 6. The zero-order chi connectivity index (χ0) is 34.1. The molecule has 0 bridgehead atoms. The van der Waals surface area contributed by atoms with Crippen molar-refractivity contribution in [2.75, 3.05) is 13.1 Å². The Labute approximate surface area is 287 Å². The zero-order valence-electron chi connectivity index (χ0n) is 27.7. The topological polar surface area (TPSA) is 79.7 Å². The summed E-state index contributed by atoms with van der Waals surface area (Å²) in [5, 5.41) is 2.99. The number of sulfonamides is 2. The Morgan fingerprint density at radius 3 is 1.94 bits per heavy atom. The van der Waals surface area contributed by atoms with Gasteiger partial charge >= 0.3 is 0 Å². The molecule has 5 aromatic carbocycles. The average molecular weight is 688 g/mol. The van der Waals surface area contributed by atoms with E-state index in [4.69, 9.17) is 0 Å². The van der Waals surface area contributed by atoms with Gasteiger partial charge in [-0.1, -0.05) is 108 Å². The summed E-state index contributed by atoms with van der Waals surface area (Å²) in [5.74, 6) is 0. The summed E-state index contributed by atoms with van der Waals surface area (Å²) in [6.07, 6.45) is 2.00. The molecule has 0 amide bonds. The highest BCUT2D eigenvalue weighted by Gasteiger charge is 2.55. The van der Waals surface area contributed by atoms with E-state index in [-0.39, 0.29) is 29.4 Å². The number of aryl methyl sites for hydroxylation is 2. The molecule has 2 aliphatic heterocycles. The van der Waals surface area contributed by atoms with Crippen LogP contribution in [-0.4, -0.2) is 43.1 Å². The van der Waals surface area contributed by atoms with Crippen LogP contribution in [0, 0.1) is 13.8 Å². The van der Waals surface area contributed by atoms with E-state index in [1.165, 1.54) is 4.31 Å². The van der Waals surface area contributed by atoms with Crippen LogP contribution in [0.5, 0.6) is 0 Å². The summed E-state index contributed by atoms with van der Waals surface area (Å²) in [7, 11) is -8.14. The second-order valence-corrected chi connectivity index (χ2v) is 17.2. The molecule has 1 unspecified atom stereocenters. The number of nitrogens with zero attached hydrogens (tertiary/aromatic N) is 3. The van der Waals surface area contributed by atoms with Crippen LogP contribution in [0.15, 0.2) is 137 Å². The molecular weight excluding hydrogens is 651 g/mol. The fourth-order valence-corrected chi connectivity index (χ4v) is 10.9. The zero-order valence-corrected chi connectivity index (χ0v) is 29.3. The van der Waals surface area contributed by atoms with Crippen LogP contribution in [0.4, 0.5) is 0 Å². The fourth-order valence-electron chi connectivity index (χ4n) is 7.70. The summed E-state index contributed by atoms with van der Waals surface area (Å²) in [6, 6.07) is 36.2. The molecule has 1 atom stereocenters. The number of fused-ring (bicyclic) bond motifs is 6. The number of hydrogen-bond donors (Lipinski definition) is 0. The Bertz CT molecular complexity index is 2510. The maximum atomic E-state index is 14.9. The summed E-state index contributed by atoms with van der Waals surface area (Å²) in [4.78, 5) is 0.359. The van der Waals surface area contributed by atoms with Crippen molar-refractivity contribution in [1.29, 1.82) is 0 Å². The molecule has 0 fully saturated rings. The predicted octanol–water partition coefficient (Wildman–Crippen LogP) is 7.51. The van der Waals surface area contributed by atoms with Crippen LogP contribution in [0.25, 0.3) is 21.7 Å². The van der Waals surface area contributed by atoms with Crippen LogP contribution in [0.3, 0.4) is 0 Å². The smallest absolute Gasteiger partial charge is 0.244 e.